The van der Waals surface area contributed by atoms with Gasteiger partial charge in [0.1, 0.15) is 5.75 Å². The van der Waals surface area contributed by atoms with Gasteiger partial charge in [0.25, 0.3) is 11.1 Å². The van der Waals surface area contributed by atoms with Crippen LogP contribution in [0.3, 0.4) is 0 Å². The van der Waals surface area contributed by atoms with E-state index in [-0.39, 0.29) is 29.9 Å². The number of carboxylic acids is 1. The van der Waals surface area contributed by atoms with Crippen molar-refractivity contribution in [2.75, 3.05) is 13.2 Å². The minimum absolute atomic E-state index is 0.00383. The van der Waals surface area contributed by atoms with Gasteiger partial charge in [0.15, 0.2) is 0 Å². The number of H-pyrrole nitrogens is 1. The Balaban J connectivity index is 1.66. The Morgan fingerprint density at radius 1 is 1.11 bits per heavy atom. The van der Waals surface area contributed by atoms with Crippen LogP contribution < -0.4 is 21.2 Å². The van der Waals surface area contributed by atoms with Crippen LogP contribution in [0.5, 0.6) is 5.75 Å². The third-order valence-corrected chi connectivity index (χ3v) is 4.27. The lowest BCUT2D eigenvalue weighted by Gasteiger charge is -2.08. The van der Waals surface area contributed by atoms with Crippen LogP contribution in [0.2, 0.25) is 0 Å². The molecule has 0 aliphatic carbocycles. The fourth-order valence-electron chi connectivity index (χ4n) is 2.74. The highest BCUT2D eigenvalue weighted by atomic mass is 16.5. The Kier molecular flexibility index (Phi) is 7.79. The number of aromatic amines is 1. The summed E-state index contributed by atoms with van der Waals surface area (Å²) >= 11 is 0. The molecule has 0 unspecified atom stereocenters. The first-order chi connectivity index (χ1) is 13.4. The Bertz CT molecular complexity index is 947. The Labute approximate surface area is 161 Å². The number of unbranched alkanes of at least 4 members (excludes halogenated alkanes) is 3. The van der Waals surface area contributed by atoms with Crippen LogP contribution in [-0.2, 0) is 16.6 Å². The van der Waals surface area contributed by atoms with Crippen molar-refractivity contribution < 1.29 is 19.4 Å². The van der Waals surface area contributed by atoms with Gasteiger partial charge in [-0.25, -0.2) is 0 Å². The predicted octanol–water partition coefficient (Wildman–Crippen LogP) is 1.15. The standard InChI is InChI=1S/C19H25N3O6/c1-22-19(27)14-7-6-13(12-15(14)18(26)21-22)28-11-5-3-2-4-10-20-16(23)8-9-17(24)25/h6-7,12H,2-5,8-11H2,1H3,(H,20,23)(H,21,26)(H,24,25). The van der Waals surface area contributed by atoms with E-state index in [2.05, 4.69) is 10.4 Å². The van der Waals surface area contributed by atoms with Crippen molar-refractivity contribution in [1.29, 1.82) is 0 Å². The Hall–Kier alpha value is -3.10. The number of carbonyl (C=O) groups is 2. The molecule has 0 atom stereocenters. The number of carbonyl (C=O) groups excluding carboxylic acids is 1. The van der Waals surface area contributed by atoms with E-state index in [1.54, 1.807) is 18.2 Å². The second kappa shape index (κ2) is 10.3. The first-order valence-corrected chi connectivity index (χ1v) is 9.23. The van der Waals surface area contributed by atoms with Gasteiger partial charge < -0.3 is 15.2 Å². The molecule has 1 aromatic carbocycles. The zero-order chi connectivity index (χ0) is 20.5. The maximum Gasteiger partial charge on any atom is 0.303 e. The molecule has 152 valence electrons. The molecule has 0 fully saturated rings. The normalized spacial score (nSPS) is 10.8. The number of benzene rings is 1. The molecule has 2 aromatic rings. The monoisotopic (exact) mass is 391 g/mol. The highest BCUT2D eigenvalue weighted by Gasteiger charge is 2.07. The summed E-state index contributed by atoms with van der Waals surface area (Å²) in [6, 6.07) is 4.84. The summed E-state index contributed by atoms with van der Waals surface area (Å²) in [6.45, 7) is 1.01. The molecule has 28 heavy (non-hydrogen) atoms. The SMILES string of the molecule is Cn1[nH]c(=O)c2cc(OCCCCCCNC(=O)CCC(=O)O)ccc2c1=O. The summed E-state index contributed by atoms with van der Waals surface area (Å²) in [5.41, 5.74) is -0.607. The number of aromatic nitrogens is 2. The maximum atomic E-state index is 12.0. The third-order valence-electron chi connectivity index (χ3n) is 4.27. The van der Waals surface area contributed by atoms with Crippen molar-refractivity contribution in [3.8, 4) is 5.75 Å². The number of amides is 1. The van der Waals surface area contributed by atoms with Gasteiger partial charge in [0.05, 0.1) is 23.8 Å². The highest BCUT2D eigenvalue weighted by Crippen LogP contribution is 2.16. The minimum atomic E-state index is -0.978. The summed E-state index contributed by atoms with van der Waals surface area (Å²) in [6.07, 6.45) is 3.31. The van der Waals surface area contributed by atoms with Gasteiger partial charge in [-0.15, -0.1) is 0 Å². The molecule has 0 bridgehead atoms. The number of hydrogen-bond acceptors (Lipinski definition) is 5. The zero-order valence-electron chi connectivity index (χ0n) is 15.8. The Morgan fingerprint density at radius 3 is 2.61 bits per heavy atom. The summed E-state index contributed by atoms with van der Waals surface area (Å²) in [4.78, 5) is 45.7. The first-order valence-electron chi connectivity index (χ1n) is 9.23. The molecular weight excluding hydrogens is 366 g/mol. The molecule has 0 radical (unpaired) electrons. The fourth-order valence-corrected chi connectivity index (χ4v) is 2.74. The van der Waals surface area contributed by atoms with Crippen molar-refractivity contribution in [1.82, 2.24) is 15.1 Å². The van der Waals surface area contributed by atoms with Gasteiger partial charge in [0, 0.05) is 20.0 Å². The summed E-state index contributed by atoms with van der Waals surface area (Å²) in [7, 11) is 1.50. The molecular formula is C19H25N3O6. The van der Waals surface area contributed by atoms with Crippen LogP contribution >= 0.6 is 0 Å². The molecule has 0 spiro atoms. The van der Waals surface area contributed by atoms with Gasteiger partial charge in [-0.3, -0.25) is 29.0 Å². The number of nitrogens with one attached hydrogen (secondary N) is 2. The molecule has 2 rings (SSSR count). The molecule has 3 N–H and O–H groups in total. The van der Waals surface area contributed by atoms with E-state index >= 15 is 0 Å². The second-order valence-corrected chi connectivity index (χ2v) is 6.52. The van der Waals surface area contributed by atoms with Gasteiger partial charge in [0.2, 0.25) is 5.91 Å². The summed E-state index contributed by atoms with van der Waals surface area (Å²) in [5, 5.41) is 14.3. The number of nitrogens with zero attached hydrogens (tertiary/aromatic N) is 1. The van der Waals surface area contributed by atoms with Crippen molar-refractivity contribution in [2.45, 2.75) is 38.5 Å². The van der Waals surface area contributed by atoms with Crippen molar-refractivity contribution in [3.63, 3.8) is 0 Å². The molecule has 9 nitrogen and oxygen atoms in total. The van der Waals surface area contributed by atoms with Crippen molar-refractivity contribution in [2.24, 2.45) is 7.05 Å². The lowest BCUT2D eigenvalue weighted by atomic mass is 10.2. The van der Waals surface area contributed by atoms with Crippen LogP contribution in [-0.4, -0.2) is 39.9 Å². The highest BCUT2D eigenvalue weighted by molar-refractivity contribution is 5.82. The number of fused-ring (bicyclic) bond motifs is 1. The van der Waals surface area contributed by atoms with Gasteiger partial charge in [-0.1, -0.05) is 12.8 Å². The van der Waals surface area contributed by atoms with E-state index in [0.29, 0.717) is 29.7 Å². The first kappa shape index (κ1) is 21.2. The number of carboxylic acid groups (broad SMARTS) is 1. The number of ether oxygens (including phenoxy) is 1. The molecule has 9 heteroatoms. The molecule has 0 aliphatic heterocycles. The smallest absolute Gasteiger partial charge is 0.303 e. The largest absolute Gasteiger partial charge is 0.494 e. The quantitative estimate of drug-likeness (QED) is 0.493. The molecule has 1 heterocycles. The Morgan fingerprint density at radius 2 is 1.86 bits per heavy atom. The second-order valence-electron chi connectivity index (χ2n) is 6.52. The number of rotatable bonds is 11. The third kappa shape index (κ3) is 6.26. The molecule has 1 amide bonds. The van der Waals surface area contributed by atoms with E-state index < -0.39 is 5.97 Å². The number of aryl methyl sites for hydroxylation is 1. The molecule has 0 saturated carbocycles. The van der Waals surface area contributed by atoms with E-state index in [0.717, 1.165) is 30.4 Å². The molecule has 1 aromatic heterocycles. The molecule has 0 aliphatic rings. The van der Waals surface area contributed by atoms with E-state index in [1.165, 1.54) is 7.05 Å². The fraction of sp³-hybridized carbons (Fsp3) is 0.474. The van der Waals surface area contributed by atoms with Crippen LogP contribution in [0.1, 0.15) is 38.5 Å². The van der Waals surface area contributed by atoms with Gasteiger partial charge in [-0.2, -0.15) is 0 Å². The average molecular weight is 391 g/mol. The summed E-state index contributed by atoms with van der Waals surface area (Å²) < 4.78 is 6.80. The number of hydrogen-bond donors (Lipinski definition) is 3. The van der Waals surface area contributed by atoms with E-state index in [4.69, 9.17) is 9.84 Å². The van der Waals surface area contributed by atoms with Crippen LogP contribution in [0.25, 0.3) is 10.8 Å². The van der Waals surface area contributed by atoms with Gasteiger partial charge in [-0.05, 0) is 31.0 Å². The van der Waals surface area contributed by atoms with Crippen LogP contribution in [0, 0.1) is 0 Å². The topological polar surface area (TPSA) is 130 Å². The van der Waals surface area contributed by atoms with Crippen molar-refractivity contribution >= 4 is 22.6 Å². The predicted molar refractivity (Wildman–Crippen MR) is 104 cm³/mol. The minimum Gasteiger partial charge on any atom is -0.494 e. The summed E-state index contributed by atoms with van der Waals surface area (Å²) in [5.74, 6) is -0.683. The zero-order valence-corrected chi connectivity index (χ0v) is 15.8. The van der Waals surface area contributed by atoms with Gasteiger partial charge >= 0.3 is 5.97 Å². The number of aliphatic carboxylic acids is 1. The van der Waals surface area contributed by atoms with Crippen LogP contribution in [0.4, 0.5) is 0 Å². The lowest BCUT2D eigenvalue weighted by molar-refractivity contribution is -0.138. The van der Waals surface area contributed by atoms with Crippen molar-refractivity contribution in [3.05, 3.63) is 38.9 Å². The van der Waals surface area contributed by atoms with Crippen LogP contribution in [0.15, 0.2) is 27.8 Å². The lowest BCUT2D eigenvalue weighted by Crippen LogP contribution is -2.27. The van der Waals surface area contributed by atoms with E-state index in [9.17, 15) is 19.2 Å². The average Bonchev–Trinajstić information content (AvgIpc) is 2.66. The molecule has 0 saturated heterocycles. The maximum absolute atomic E-state index is 12.0. The van der Waals surface area contributed by atoms with E-state index in [1.807, 2.05) is 0 Å².